The van der Waals surface area contributed by atoms with E-state index in [2.05, 4.69) is 14.9 Å². The largest absolute Gasteiger partial charge is 0.386 e. The van der Waals surface area contributed by atoms with Gasteiger partial charge >= 0.3 is 0 Å². The third-order valence-electron chi connectivity index (χ3n) is 2.48. The lowest BCUT2D eigenvalue weighted by molar-refractivity contribution is 0.559. The Bertz CT molecular complexity index is 477. The molecule has 0 bridgehead atoms. The Morgan fingerprint density at radius 3 is 2.81 bits per heavy atom. The van der Waals surface area contributed by atoms with Crippen LogP contribution >= 0.6 is 0 Å². The van der Waals surface area contributed by atoms with E-state index in [0.717, 1.165) is 12.8 Å². The van der Waals surface area contributed by atoms with Crippen molar-refractivity contribution in [3.05, 3.63) is 12.3 Å². The van der Waals surface area contributed by atoms with Gasteiger partial charge in [-0.3, -0.25) is 10.5 Å². The van der Waals surface area contributed by atoms with Crippen LogP contribution in [0.15, 0.2) is 17.3 Å². The van der Waals surface area contributed by atoms with Gasteiger partial charge in [0.2, 0.25) is 0 Å². The van der Waals surface area contributed by atoms with Gasteiger partial charge in [-0.2, -0.15) is 9.82 Å². The second-order valence-electron chi connectivity index (χ2n) is 3.81. The number of hydrogen-bond donors (Lipinski definition) is 4. The zero-order valence-electron chi connectivity index (χ0n) is 8.47. The van der Waals surface area contributed by atoms with Gasteiger partial charge in [-0.1, -0.05) is 0 Å². The zero-order chi connectivity index (χ0) is 11.8. The Hall–Kier alpha value is -1.41. The van der Waals surface area contributed by atoms with Crippen molar-refractivity contribution in [2.24, 2.45) is 11.7 Å². The Labute approximate surface area is 93.0 Å². The van der Waals surface area contributed by atoms with Crippen LogP contribution in [0.5, 0.6) is 0 Å². The zero-order valence-corrected chi connectivity index (χ0v) is 9.29. The molecule has 1 fully saturated rings. The summed E-state index contributed by atoms with van der Waals surface area (Å²) in [5.41, 5.74) is 5.37. The van der Waals surface area contributed by atoms with E-state index in [4.69, 9.17) is 11.1 Å². The van der Waals surface area contributed by atoms with Gasteiger partial charge in [0, 0.05) is 0 Å². The summed E-state index contributed by atoms with van der Waals surface area (Å²) in [7, 11) is -3.66. The lowest BCUT2D eigenvalue weighted by Gasteiger charge is -2.15. The predicted molar refractivity (Wildman–Crippen MR) is 57.3 cm³/mol. The summed E-state index contributed by atoms with van der Waals surface area (Å²) in [6, 6.07) is 0.750. The lowest BCUT2D eigenvalue weighted by atomic mass is 10.2. The first kappa shape index (κ1) is 11.1. The van der Waals surface area contributed by atoms with Gasteiger partial charge in [0.05, 0.1) is 12.2 Å². The van der Waals surface area contributed by atoms with Crippen LogP contribution in [-0.2, 0) is 10.0 Å². The van der Waals surface area contributed by atoms with Gasteiger partial charge in [0.1, 0.15) is 5.84 Å². The summed E-state index contributed by atoms with van der Waals surface area (Å²) in [4.78, 5) is 0. The predicted octanol–water partition coefficient (Wildman–Crippen LogP) is -0.597. The molecule has 1 saturated carbocycles. The van der Waals surface area contributed by atoms with E-state index in [1.165, 1.54) is 12.3 Å². The van der Waals surface area contributed by atoms with Crippen LogP contribution in [-0.4, -0.2) is 30.5 Å². The number of rotatable bonds is 5. The summed E-state index contributed by atoms with van der Waals surface area (Å²) in [5.74, 6) is 0.000728. The molecule has 0 aromatic carbocycles. The topological polar surface area (TPSA) is 125 Å². The fourth-order valence-electron chi connectivity index (χ4n) is 1.47. The third kappa shape index (κ3) is 2.22. The number of amidine groups is 1. The summed E-state index contributed by atoms with van der Waals surface area (Å²) >= 11 is 0. The van der Waals surface area contributed by atoms with Crippen LogP contribution < -0.4 is 10.5 Å². The van der Waals surface area contributed by atoms with Crippen molar-refractivity contribution in [2.75, 3.05) is 0 Å². The van der Waals surface area contributed by atoms with E-state index < -0.39 is 16.1 Å². The molecule has 1 aromatic rings. The highest BCUT2D eigenvalue weighted by atomic mass is 32.2. The van der Waals surface area contributed by atoms with Crippen molar-refractivity contribution >= 4 is 15.9 Å². The molecule has 1 aliphatic rings. The molecule has 1 atom stereocenters. The van der Waals surface area contributed by atoms with Crippen molar-refractivity contribution in [3.63, 3.8) is 0 Å². The number of hydrogen-bond acceptors (Lipinski definition) is 4. The fourth-order valence-corrected chi connectivity index (χ4v) is 2.66. The first-order valence-corrected chi connectivity index (χ1v) is 6.34. The molecule has 1 aromatic heterocycles. The summed E-state index contributed by atoms with van der Waals surface area (Å²) in [6.07, 6.45) is 3.15. The van der Waals surface area contributed by atoms with Gasteiger partial charge in [-0.25, -0.2) is 8.42 Å². The molecule has 5 N–H and O–H groups in total. The Balaban J connectivity index is 2.16. The molecule has 0 amide bonds. The number of H-pyrrole nitrogens is 1. The van der Waals surface area contributed by atoms with Crippen LogP contribution in [0.25, 0.3) is 0 Å². The van der Waals surface area contributed by atoms with Gasteiger partial charge in [-0.15, -0.1) is 0 Å². The summed E-state index contributed by atoms with van der Waals surface area (Å²) in [5, 5.41) is 13.3. The quantitative estimate of drug-likeness (QED) is 0.407. The Kier molecular flexibility index (Phi) is 2.68. The number of aromatic nitrogens is 2. The second-order valence-corrected chi connectivity index (χ2v) is 5.50. The van der Waals surface area contributed by atoms with Crippen molar-refractivity contribution in [2.45, 2.75) is 23.9 Å². The van der Waals surface area contributed by atoms with E-state index in [-0.39, 0.29) is 16.8 Å². The standard InChI is InChI=1S/C8H13N5O2S/c9-8(10)7(5-1-2-5)13-16(14,15)6-3-4-11-12-6/h3-5,7,13H,1-2H2,(H3,9,10)(H,11,12). The van der Waals surface area contributed by atoms with Crippen molar-refractivity contribution in [1.29, 1.82) is 5.41 Å². The van der Waals surface area contributed by atoms with E-state index in [9.17, 15) is 8.42 Å². The van der Waals surface area contributed by atoms with Gasteiger partial charge in [0.25, 0.3) is 10.0 Å². The lowest BCUT2D eigenvalue weighted by Crippen LogP contribution is -2.45. The van der Waals surface area contributed by atoms with Crippen LogP contribution in [0, 0.1) is 11.3 Å². The highest BCUT2D eigenvalue weighted by Crippen LogP contribution is 2.33. The molecule has 0 saturated heterocycles. The smallest absolute Gasteiger partial charge is 0.258 e. The maximum Gasteiger partial charge on any atom is 0.258 e. The van der Waals surface area contributed by atoms with Crippen molar-refractivity contribution in [3.8, 4) is 0 Å². The number of nitrogens with zero attached hydrogens (tertiary/aromatic N) is 1. The van der Waals surface area contributed by atoms with Crippen LogP contribution in [0.1, 0.15) is 12.8 Å². The molecule has 1 heterocycles. The monoisotopic (exact) mass is 243 g/mol. The SMILES string of the molecule is N=C(N)C(NS(=O)(=O)c1ccn[nH]1)C1CC1. The van der Waals surface area contributed by atoms with E-state index in [0.29, 0.717) is 0 Å². The molecule has 0 aliphatic heterocycles. The normalized spacial score (nSPS) is 18.2. The summed E-state index contributed by atoms with van der Waals surface area (Å²) in [6.45, 7) is 0. The maximum atomic E-state index is 11.8. The third-order valence-corrected chi connectivity index (χ3v) is 3.85. The minimum Gasteiger partial charge on any atom is -0.386 e. The van der Waals surface area contributed by atoms with Crippen LogP contribution in [0.3, 0.4) is 0 Å². The molecule has 1 aliphatic carbocycles. The minimum absolute atomic E-state index is 0.0144. The average Bonchev–Trinajstić information content (AvgIpc) is 2.87. The second kappa shape index (κ2) is 3.87. The first-order chi connectivity index (χ1) is 7.50. The number of sulfonamides is 1. The minimum atomic E-state index is -3.66. The Morgan fingerprint density at radius 1 is 1.69 bits per heavy atom. The molecule has 7 nitrogen and oxygen atoms in total. The molecular weight excluding hydrogens is 230 g/mol. The van der Waals surface area contributed by atoms with E-state index in [1.807, 2.05) is 0 Å². The average molecular weight is 243 g/mol. The van der Waals surface area contributed by atoms with Crippen LogP contribution in [0.4, 0.5) is 0 Å². The number of nitrogens with one attached hydrogen (secondary N) is 3. The maximum absolute atomic E-state index is 11.8. The van der Waals surface area contributed by atoms with Gasteiger partial charge < -0.3 is 5.73 Å². The summed E-state index contributed by atoms with van der Waals surface area (Å²) < 4.78 is 26.0. The first-order valence-electron chi connectivity index (χ1n) is 4.86. The van der Waals surface area contributed by atoms with E-state index >= 15 is 0 Å². The fraction of sp³-hybridized carbons (Fsp3) is 0.500. The molecular formula is C8H13N5O2S. The molecule has 88 valence electrons. The molecule has 0 spiro atoms. The van der Waals surface area contributed by atoms with Crippen molar-refractivity contribution in [1.82, 2.24) is 14.9 Å². The van der Waals surface area contributed by atoms with E-state index in [1.54, 1.807) is 0 Å². The van der Waals surface area contributed by atoms with Gasteiger partial charge in [-0.05, 0) is 24.8 Å². The molecule has 8 heteroatoms. The number of nitrogens with two attached hydrogens (primary N) is 1. The Morgan fingerprint density at radius 2 is 2.38 bits per heavy atom. The molecule has 2 rings (SSSR count). The van der Waals surface area contributed by atoms with Crippen LogP contribution in [0.2, 0.25) is 0 Å². The highest BCUT2D eigenvalue weighted by Gasteiger charge is 2.36. The molecule has 16 heavy (non-hydrogen) atoms. The van der Waals surface area contributed by atoms with Crippen molar-refractivity contribution < 1.29 is 8.42 Å². The number of aromatic amines is 1. The van der Waals surface area contributed by atoms with Gasteiger partial charge in [0.15, 0.2) is 5.03 Å². The molecule has 1 unspecified atom stereocenters. The molecule has 0 radical (unpaired) electrons. The highest BCUT2D eigenvalue weighted by molar-refractivity contribution is 7.89.